The van der Waals surface area contributed by atoms with Crippen LogP contribution in [0.1, 0.15) is 64.9 Å². The zero-order valence-electron chi connectivity index (χ0n) is 20.7. The fraction of sp³-hybridized carbons (Fsp3) is 0.704. The van der Waals surface area contributed by atoms with Crippen LogP contribution >= 0.6 is 12.4 Å². The van der Waals surface area contributed by atoms with Gasteiger partial charge in [-0.1, -0.05) is 26.8 Å². The third-order valence-corrected chi connectivity index (χ3v) is 7.69. The maximum Gasteiger partial charge on any atom is 0.0605 e. The molecule has 0 atom stereocenters. The molecule has 0 unspecified atom stereocenters. The lowest BCUT2D eigenvalue weighted by Crippen LogP contribution is -2.46. The van der Waals surface area contributed by atoms with E-state index in [9.17, 15) is 0 Å². The van der Waals surface area contributed by atoms with Crippen molar-refractivity contribution in [2.75, 3.05) is 62.7 Å². The van der Waals surface area contributed by atoms with Crippen molar-refractivity contribution in [3.05, 3.63) is 29.8 Å². The number of piperazine rings is 1. The molecule has 2 saturated heterocycles. The van der Waals surface area contributed by atoms with Gasteiger partial charge in [0.25, 0.3) is 0 Å². The lowest BCUT2D eigenvalue weighted by Gasteiger charge is -2.39. The molecule has 32 heavy (non-hydrogen) atoms. The van der Waals surface area contributed by atoms with Gasteiger partial charge in [0, 0.05) is 63.3 Å². The van der Waals surface area contributed by atoms with E-state index in [4.69, 9.17) is 4.74 Å². The summed E-state index contributed by atoms with van der Waals surface area (Å²) in [5.74, 6) is 0. The first-order valence-electron chi connectivity index (χ1n) is 12.6. The molecule has 3 aliphatic rings. The minimum absolute atomic E-state index is 0. The molecule has 1 aromatic rings. The molecular weight excluding hydrogens is 418 g/mol. The summed E-state index contributed by atoms with van der Waals surface area (Å²) in [7, 11) is 1.85. The lowest BCUT2D eigenvalue weighted by atomic mass is 9.76. The zero-order valence-corrected chi connectivity index (χ0v) is 21.6. The van der Waals surface area contributed by atoms with Crippen LogP contribution in [-0.4, -0.2) is 63.9 Å². The van der Waals surface area contributed by atoms with E-state index < -0.39 is 0 Å². The number of nitrogens with zero attached hydrogens (tertiary/aromatic N) is 3. The molecule has 0 aromatic heterocycles. The summed E-state index contributed by atoms with van der Waals surface area (Å²) in [4.78, 5) is 7.82. The van der Waals surface area contributed by atoms with Gasteiger partial charge in [-0.2, -0.15) is 0 Å². The smallest absolute Gasteiger partial charge is 0.0605 e. The van der Waals surface area contributed by atoms with E-state index in [0.717, 1.165) is 39.0 Å². The van der Waals surface area contributed by atoms with E-state index in [1.165, 1.54) is 62.3 Å². The SMILES string of the molecule is CCCN1CCN(c2ccc(N3CCC(OC)CC3)cc2C2=CCC(C)(C)CC2)CC1.Cl. The Balaban J connectivity index is 0.00000289. The number of allylic oxidation sites excluding steroid dienone is 2. The number of rotatable bonds is 6. The number of halogens is 1. The standard InChI is InChI=1S/C27H43N3O.ClH/c1-5-14-28-17-19-30(20-18-28)26-7-6-23(29-15-10-24(31-4)11-16-29)21-25(26)22-8-12-27(2,3)13-9-22;/h6-8,21,24H,5,9-20H2,1-4H3;1H. The fourth-order valence-corrected chi connectivity index (χ4v) is 5.45. The van der Waals surface area contributed by atoms with Gasteiger partial charge in [0.05, 0.1) is 6.10 Å². The van der Waals surface area contributed by atoms with Crippen molar-refractivity contribution in [2.45, 2.75) is 65.4 Å². The van der Waals surface area contributed by atoms with Crippen molar-refractivity contribution >= 4 is 29.4 Å². The van der Waals surface area contributed by atoms with Crippen LogP contribution in [0.15, 0.2) is 24.3 Å². The van der Waals surface area contributed by atoms with Crippen LogP contribution in [0, 0.1) is 5.41 Å². The van der Waals surface area contributed by atoms with E-state index >= 15 is 0 Å². The number of ether oxygens (including phenoxy) is 1. The Morgan fingerprint density at radius 3 is 2.31 bits per heavy atom. The minimum Gasteiger partial charge on any atom is -0.381 e. The summed E-state index contributed by atoms with van der Waals surface area (Å²) in [5, 5.41) is 0. The van der Waals surface area contributed by atoms with Gasteiger partial charge in [0.15, 0.2) is 0 Å². The Morgan fingerprint density at radius 2 is 1.72 bits per heavy atom. The molecule has 2 aliphatic heterocycles. The first-order valence-corrected chi connectivity index (χ1v) is 12.6. The van der Waals surface area contributed by atoms with Gasteiger partial charge in [-0.15, -0.1) is 12.4 Å². The third-order valence-electron chi connectivity index (χ3n) is 7.69. The predicted octanol–water partition coefficient (Wildman–Crippen LogP) is 5.85. The van der Waals surface area contributed by atoms with Crippen LogP contribution in [-0.2, 0) is 4.74 Å². The van der Waals surface area contributed by atoms with Crippen LogP contribution in [0.3, 0.4) is 0 Å². The Kier molecular flexibility index (Phi) is 8.94. The number of anilines is 2. The molecule has 1 aromatic carbocycles. The molecule has 0 N–H and O–H groups in total. The average molecular weight is 462 g/mol. The molecule has 1 aliphatic carbocycles. The fourth-order valence-electron chi connectivity index (χ4n) is 5.45. The molecule has 0 amide bonds. The first kappa shape index (κ1) is 25.4. The summed E-state index contributed by atoms with van der Waals surface area (Å²) in [5.41, 5.74) is 6.35. The van der Waals surface area contributed by atoms with Gasteiger partial charge >= 0.3 is 0 Å². The zero-order chi connectivity index (χ0) is 21.8. The number of methoxy groups -OCH3 is 1. The molecular formula is C27H44ClN3O. The number of hydrogen-bond donors (Lipinski definition) is 0. The predicted molar refractivity (Wildman–Crippen MR) is 140 cm³/mol. The first-order chi connectivity index (χ1) is 15.0. The highest BCUT2D eigenvalue weighted by Gasteiger charge is 2.26. The van der Waals surface area contributed by atoms with Crippen molar-refractivity contribution in [1.82, 2.24) is 4.90 Å². The Hall–Kier alpha value is -1.23. The minimum atomic E-state index is 0. The quantitative estimate of drug-likeness (QED) is 0.528. The van der Waals surface area contributed by atoms with Crippen LogP contribution < -0.4 is 9.80 Å². The van der Waals surface area contributed by atoms with Crippen molar-refractivity contribution < 1.29 is 4.74 Å². The number of benzene rings is 1. The maximum atomic E-state index is 5.59. The molecule has 180 valence electrons. The monoisotopic (exact) mass is 461 g/mol. The van der Waals surface area contributed by atoms with Gasteiger partial charge in [-0.25, -0.2) is 0 Å². The van der Waals surface area contributed by atoms with Crippen molar-refractivity contribution in [2.24, 2.45) is 5.41 Å². The molecule has 0 bridgehead atoms. The summed E-state index contributed by atoms with van der Waals surface area (Å²) < 4.78 is 5.59. The Bertz CT molecular complexity index is 762. The van der Waals surface area contributed by atoms with Gasteiger partial charge in [0.1, 0.15) is 0 Å². The highest BCUT2D eigenvalue weighted by atomic mass is 35.5. The van der Waals surface area contributed by atoms with Crippen LogP contribution in [0.5, 0.6) is 0 Å². The molecule has 4 rings (SSSR count). The Labute approximate surface area is 202 Å². The lowest BCUT2D eigenvalue weighted by molar-refractivity contribution is 0.0819. The largest absolute Gasteiger partial charge is 0.381 e. The molecule has 2 fully saturated rings. The van der Waals surface area contributed by atoms with E-state index in [1.54, 1.807) is 5.57 Å². The van der Waals surface area contributed by atoms with Crippen LogP contribution in [0.25, 0.3) is 5.57 Å². The van der Waals surface area contributed by atoms with Crippen molar-refractivity contribution in [1.29, 1.82) is 0 Å². The molecule has 0 spiro atoms. The van der Waals surface area contributed by atoms with Crippen LogP contribution in [0.2, 0.25) is 0 Å². The second-order valence-corrected chi connectivity index (χ2v) is 10.5. The van der Waals surface area contributed by atoms with Crippen molar-refractivity contribution in [3.8, 4) is 0 Å². The molecule has 5 heteroatoms. The van der Waals surface area contributed by atoms with Gasteiger partial charge in [-0.3, -0.25) is 4.90 Å². The van der Waals surface area contributed by atoms with E-state index in [2.05, 4.69) is 59.7 Å². The van der Waals surface area contributed by atoms with Gasteiger partial charge in [-0.05, 0) is 74.3 Å². The van der Waals surface area contributed by atoms with Gasteiger partial charge < -0.3 is 14.5 Å². The maximum absolute atomic E-state index is 5.59. The van der Waals surface area contributed by atoms with Crippen molar-refractivity contribution in [3.63, 3.8) is 0 Å². The molecule has 4 nitrogen and oxygen atoms in total. The summed E-state index contributed by atoms with van der Waals surface area (Å²) in [6.45, 7) is 15.2. The highest BCUT2D eigenvalue weighted by molar-refractivity contribution is 5.85. The summed E-state index contributed by atoms with van der Waals surface area (Å²) in [6.07, 6.45) is 10.1. The topological polar surface area (TPSA) is 19.0 Å². The molecule has 0 radical (unpaired) electrons. The van der Waals surface area contributed by atoms with E-state index in [-0.39, 0.29) is 12.4 Å². The second kappa shape index (κ2) is 11.3. The third kappa shape index (κ3) is 6.01. The number of hydrogen-bond acceptors (Lipinski definition) is 4. The van der Waals surface area contributed by atoms with Crippen LogP contribution in [0.4, 0.5) is 11.4 Å². The summed E-state index contributed by atoms with van der Waals surface area (Å²) >= 11 is 0. The van der Waals surface area contributed by atoms with Gasteiger partial charge in [0.2, 0.25) is 0 Å². The second-order valence-electron chi connectivity index (χ2n) is 10.5. The highest BCUT2D eigenvalue weighted by Crippen LogP contribution is 2.42. The number of piperidine rings is 1. The van der Waals surface area contributed by atoms with E-state index in [1.807, 2.05) is 7.11 Å². The molecule has 0 saturated carbocycles. The summed E-state index contributed by atoms with van der Waals surface area (Å²) in [6, 6.07) is 7.30. The average Bonchev–Trinajstić information content (AvgIpc) is 2.80. The Morgan fingerprint density at radius 1 is 1.00 bits per heavy atom. The van der Waals surface area contributed by atoms with E-state index in [0.29, 0.717) is 11.5 Å². The normalized spacial score (nSPS) is 22.4. The molecule has 2 heterocycles.